The Morgan fingerprint density at radius 3 is 2.43 bits per heavy atom. The molecule has 1 amide bonds. The SMILES string of the molecule is CCN(CC(=O)NC)S(=O)(=O)CCCl. The molecule has 1 N–H and O–H groups in total. The highest BCUT2D eigenvalue weighted by atomic mass is 35.5. The van der Waals surface area contributed by atoms with Crippen LogP contribution < -0.4 is 5.32 Å². The number of amides is 1. The summed E-state index contributed by atoms with van der Waals surface area (Å²) < 4.78 is 24.1. The Hall–Kier alpha value is -0.330. The second-order valence-corrected chi connectivity index (χ2v) is 5.07. The van der Waals surface area contributed by atoms with Crippen molar-refractivity contribution >= 4 is 27.5 Å². The van der Waals surface area contributed by atoms with Crippen molar-refractivity contribution in [3.63, 3.8) is 0 Å². The molecule has 0 aromatic heterocycles. The van der Waals surface area contributed by atoms with Crippen LogP contribution in [0.25, 0.3) is 0 Å². The summed E-state index contributed by atoms with van der Waals surface area (Å²) in [5.74, 6) is -0.434. The number of nitrogens with one attached hydrogen (secondary N) is 1. The third kappa shape index (κ3) is 4.26. The van der Waals surface area contributed by atoms with Crippen LogP contribution in [0.3, 0.4) is 0 Å². The largest absolute Gasteiger partial charge is 0.358 e. The Balaban J connectivity index is 4.48. The zero-order valence-corrected chi connectivity index (χ0v) is 9.86. The molecule has 5 nitrogen and oxygen atoms in total. The van der Waals surface area contributed by atoms with E-state index >= 15 is 0 Å². The number of rotatable bonds is 6. The van der Waals surface area contributed by atoms with Crippen LogP contribution in [0.2, 0.25) is 0 Å². The number of likely N-dealkylation sites (N-methyl/N-ethyl adjacent to an activating group) is 2. The van der Waals surface area contributed by atoms with Crippen molar-refractivity contribution in [1.29, 1.82) is 0 Å². The van der Waals surface area contributed by atoms with Crippen LogP contribution in [-0.2, 0) is 14.8 Å². The van der Waals surface area contributed by atoms with Gasteiger partial charge in [0.2, 0.25) is 15.9 Å². The molecule has 0 aromatic carbocycles. The van der Waals surface area contributed by atoms with E-state index in [1.807, 2.05) is 0 Å². The molecule has 7 heteroatoms. The van der Waals surface area contributed by atoms with Gasteiger partial charge in [0.1, 0.15) is 0 Å². The minimum absolute atomic E-state index is 0.0343. The van der Waals surface area contributed by atoms with Gasteiger partial charge in [0.15, 0.2) is 0 Å². The van der Waals surface area contributed by atoms with Crippen LogP contribution in [0.15, 0.2) is 0 Å². The lowest BCUT2D eigenvalue weighted by Gasteiger charge is -2.18. The Morgan fingerprint density at radius 1 is 1.50 bits per heavy atom. The molecule has 0 atom stereocenters. The van der Waals surface area contributed by atoms with Crippen LogP contribution >= 0.6 is 11.6 Å². The maximum absolute atomic E-state index is 11.5. The van der Waals surface area contributed by atoms with Crippen LogP contribution in [0.5, 0.6) is 0 Å². The Bertz CT molecular complexity index is 279. The first kappa shape index (κ1) is 13.7. The average Bonchev–Trinajstić information content (AvgIpc) is 2.13. The van der Waals surface area contributed by atoms with Crippen LogP contribution in [-0.4, -0.2) is 50.4 Å². The summed E-state index contributed by atoms with van der Waals surface area (Å²) in [5, 5.41) is 2.37. The van der Waals surface area contributed by atoms with Gasteiger partial charge in [-0.3, -0.25) is 4.79 Å². The maximum Gasteiger partial charge on any atom is 0.235 e. The first-order chi connectivity index (χ1) is 6.47. The van der Waals surface area contributed by atoms with Gasteiger partial charge in [-0.25, -0.2) is 8.42 Å². The van der Waals surface area contributed by atoms with E-state index in [2.05, 4.69) is 5.32 Å². The molecular formula is C7H15ClN2O3S. The molecule has 0 fully saturated rings. The monoisotopic (exact) mass is 242 g/mol. The fourth-order valence-corrected chi connectivity index (χ4v) is 2.62. The number of halogens is 1. The zero-order valence-electron chi connectivity index (χ0n) is 8.29. The molecular weight excluding hydrogens is 228 g/mol. The Morgan fingerprint density at radius 2 is 2.07 bits per heavy atom. The van der Waals surface area contributed by atoms with E-state index in [-0.39, 0.29) is 30.6 Å². The summed E-state index contributed by atoms with van der Waals surface area (Å²) in [5.41, 5.74) is 0. The summed E-state index contributed by atoms with van der Waals surface area (Å²) in [6.45, 7) is 1.80. The van der Waals surface area contributed by atoms with Crippen molar-refractivity contribution in [3.8, 4) is 0 Å². The average molecular weight is 243 g/mol. The van der Waals surface area contributed by atoms with Gasteiger partial charge in [0.05, 0.1) is 12.3 Å². The Labute approximate surface area is 89.5 Å². The number of nitrogens with zero attached hydrogens (tertiary/aromatic N) is 1. The van der Waals surface area contributed by atoms with E-state index in [9.17, 15) is 13.2 Å². The van der Waals surface area contributed by atoms with E-state index in [0.29, 0.717) is 0 Å². The topological polar surface area (TPSA) is 66.5 Å². The van der Waals surface area contributed by atoms with Crippen molar-refractivity contribution in [1.82, 2.24) is 9.62 Å². The second kappa shape index (κ2) is 6.21. The lowest BCUT2D eigenvalue weighted by atomic mass is 10.5. The molecule has 0 saturated heterocycles. The second-order valence-electron chi connectivity index (χ2n) is 2.60. The van der Waals surface area contributed by atoms with Gasteiger partial charge in [0, 0.05) is 19.5 Å². The van der Waals surface area contributed by atoms with Gasteiger partial charge in [-0.2, -0.15) is 4.31 Å². The van der Waals surface area contributed by atoms with Crippen LogP contribution in [0.4, 0.5) is 0 Å². The predicted molar refractivity (Wildman–Crippen MR) is 55.8 cm³/mol. The molecule has 0 unspecified atom stereocenters. The smallest absolute Gasteiger partial charge is 0.235 e. The van der Waals surface area contributed by atoms with Gasteiger partial charge in [-0.1, -0.05) is 6.92 Å². The minimum atomic E-state index is -3.39. The number of carbonyl (C=O) groups is 1. The fraction of sp³-hybridized carbons (Fsp3) is 0.857. The number of hydrogen-bond donors (Lipinski definition) is 1. The first-order valence-electron chi connectivity index (χ1n) is 4.22. The Kier molecular flexibility index (Phi) is 6.06. The highest BCUT2D eigenvalue weighted by Gasteiger charge is 2.21. The lowest BCUT2D eigenvalue weighted by Crippen LogP contribution is -2.40. The zero-order chi connectivity index (χ0) is 11.2. The van der Waals surface area contributed by atoms with Gasteiger partial charge in [-0.05, 0) is 0 Å². The number of hydrogen-bond acceptors (Lipinski definition) is 3. The number of alkyl halides is 1. The third-order valence-corrected chi connectivity index (χ3v) is 3.99. The molecule has 0 aromatic rings. The van der Waals surface area contributed by atoms with Crippen molar-refractivity contribution in [2.24, 2.45) is 0 Å². The molecule has 0 saturated carbocycles. The predicted octanol–water partition coefficient (Wildman–Crippen LogP) is -0.377. The summed E-state index contributed by atoms with van der Waals surface area (Å²) in [7, 11) is -1.92. The fourth-order valence-electron chi connectivity index (χ4n) is 0.873. The molecule has 0 heterocycles. The molecule has 0 rings (SSSR count). The molecule has 0 bridgehead atoms. The van der Waals surface area contributed by atoms with Gasteiger partial charge >= 0.3 is 0 Å². The van der Waals surface area contributed by atoms with Gasteiger partial charge in [-0.15, -0.1) is 11.6 Å². The maximum atomic E-state index is 11.5. The first-order valence-corrected chi connectivity index (χ1v) is 6.36. The molecule has 84 valence electrons. The summed E-state index contributed by atoms with van der Waals surface area (Å²) in [6, 6.07) is 0. The van der Waals surface area contributed by atoms with Crippen molar-refractivity contribution in [2.45, 2.75) is 6.92 Å². The van der Waals surface area contributed by atoms with Crippen molar-refractivity contribution < 1.29 is 13.2 Å². The highest BCUT2D eigenvalue weighted by molar-refractivity contribution is 7.89. The molecule has 0 aliphatic rings. The van der Waals surface area contributed by atoms with Crippen molar-refractivity contribution in [2.75, 3.05) is 31.8 Å². The van der Waals surface area contributed by atoms with Gasteiger partial charge in [0.25, 0.3) is 0 Å². The van der Waals surface area contributed by atoms with E-state index in [0.717, 1.165) is 4.31 Å². The van der Waals surface area contributed by atoms with E-state index in [1.165, 1.54) is 7.05 Å². The molecule has 0 radical (unpaired) electrons. The number of carbonyl (C=O) groups excluding carboxylic acids is 1. The van der Waals surface area contributed by atoms with Gasteiger partial charge < -0.3 is 5.32 Å². The van der Waals surface area contributed by atoms with E-state index in [4.69, 9.17) is 11.6 Å². The normalized spacial score (nSPS) is 11.7. The van der Waals surface area contributed by atoms with Crippen LogP contribution in [0, 0.1) is 0 Å². The van der Waals surface area contributed by atoms with Crippen LogP contribution in [0.1, 0.15) is 6.92 Å². The van der Waals surface area contributed by atoms with E-state index in [1.54, 1.807) is 6.92 Å². The summed E-state index contributed by atoms with van der Waals surface area (Å²) in [4.78, 5) is 11.0. The number of sulfonamides is 1. The quantitative estimate of drug-likeness (QED) is 0.646. The van der Waals surface area contributed by atoms with Crippen molar-refractivity contribution in [3.05, 3.63) is 0 Å². The summed E-state index contributed by atoms with van der Waals surface area (Å²) >= 11 is 5.35. The third-order valence-electron chi connectivity index (χ3n) is 1.68. The molecule has 0 aliphatic carbocycles. The highest BCUT2D eigenvalue weighted by Crippen LogP contribution is 2.01. The molecule has 0 aliphatic heterocycles. The summed E-state index contributed by atoms with van der Waals surface area (Å²) in [6.07, 6.45) is 0. The minimum Gasteiger partial charge on any atom is -0.358 e. The molecule has 0 spiro atoms. The van der Waals surface area contributed by atoms with E-state index < -0.39 is 10.0 Å². The lowest BCUT2D eigenvalue weighted by molar-refractivity contribution is -0.120. The standard InChI is InChI=1S/C7H15ClN2O3S/c1-3-10(6-7(11)9-2)14(12,13)5-4-8/h3-6H2,1-2H3,(H,9,11). The molecule has 14 heavy (non-hydrogen) atoms.